The fourth-order valence-electron chi connectivity index (χ4n) is 1.44. The van der Waals surface area contributed by atoms with Gasteiger partial charge in [0.2, 0.25) is 5.13 Å². The van der Waals surface area contributed by atoms with Crippen LogP contribution in [0.2, 0.25) is 0 Å². The maximum atomic E-state index is 4.41. The van der Waals surface area contributed by atoms with Crippen LogP contribution in [0.1, 0.15) is 12.7 Å². The summed E-state index contributed by atoms with van der Waals surface area (Å²) < 4.78 is 6.03. The molecule has 0 saturated heterocycles. The molecule has 0 aliphatic rings. The molecule has 5 nitrogen and oxygen atoms in total. The second-order valence-electron chi connectivity index (χ2n) is 3.80. The standard InChI is InChI=1S/C12H11N5S3/c1-2-9-14-11(20-17-9)19-12-16-15-10(18-12)13-8-6-4-3-5-7-8/h3-7H,2H2,1H3,(H,13,15). The zero-order chi connectivity index (χ0) is 13.8. The van der Waals surface area contributed by atoms with Crippen molar-refractivity contribution < 1.29 is 0 Å². The van der Waals surface area contributed by atoms with Gasteiger partial charge in [0.1, 0.15) is 5.82 Å². The van der Waals surface area contributed by atoms with Crippen LogP contribution in [-0.4, -0.2) is 19.6 Å². The molecule has 0 aliphatic heterocycles. The number of nitrogens with zero attached hydrogens (tertiary/aromatic N) is 4. The first kappa shape index (κ1) is 13.5. The largest absolute Gasteiger partial charge is 0.330 e. The van der Waals surface area contributed by atoms with Crippen LogP contribution in [0.25, 0.3) is 0 Å². The van der Waals surface area contributed by atoms with E-state index in [-0.39, 0.29) is 0 Å². The number of para-hydroxylation sites is 1. The zero-order valence-electron chi connectivity index (χ0n) is 10.6. The summed E-state index contributed by atoms with van der Waals surface area (Å²) in [6.45, 7) is 2.04. The van der Waals surface area contributed by atoms with E-state index in [0.717, 1.165) is 31.7 Å². The van der Waals surface area contributed by atoms with Crippen molar-refractivity contribution >= 4 is 45.5 Å². The number of rotatable bonds is 5. The molecule has 0 aliphatic carbocycles. The highest BCUT2D eigenvalue weighted by Crippen LogP contribution is 2.33. The van der Waals surface area contributed by atoms with Gasteiger partial charge in [0.15, 0.2) is 8.68 Å². The van der Waals surface area contributed by atoms with Gasteiger partial charge in [0.05, 0.1) is 0 Å². The third-order valence-electron chi connectivity index (χ3n) is 2.37. The number of nitrogens with one attached hydrogen (secondary N) is 1. The second-order valence-corrected chi connectivity index (χ2v) is 7.02. The third kappa shape index (κ3) is 3.33. The van der Waals surface area contributed by atoms with E-state index in [2.05, 4.69) is 24.9 Å². The van der Waals surface area contributed by atoms with E-state index in [0.29, 0.717) is 0 Å². The lowest BCUT2D eigenvalue weighted by molar-refractivity contribution is 0.968. The van der Waals surface area contributed by atoms with Crippen molar-refractivity contribution in [1.29, 1.82) is 0 Å². The van der Waals surface area contributed by atoms with E-state index < -0.39 is 0 Å². The van der Waals surface area contributed by atoms with Crippen LogP contribution >= 0.6 is 34.6 Å². The molecule has 0 amide bonds. The number of hydrogen-bond acceptors (Lipinski definition) is 8. The Bertz CT molecular complexity index is 679. The van der Waals surface area contributed by atoms with Gasteiger partial charge in [-0.05, 0) is 35.4 Å². The van der Waals surface area contributed by atoms with Gasteiger partial charge >= 0.3 is 0 Å². The maximum absolute atomic E-state index is 4.41. The fraction of sp³-hybridized carbons (Fsp3) is 0.167. The Morgan fingerprint density at radius 3 is 2.75 bits per heavy atom. The molecule has 0 spiro atoms. The van der Waals surface area contributed by atoms with E-state index in [1.165, 1.54) is 34.6 Å². The predicted octanol–water partition coefficient (Wildman–Crippen LogP) is 3.85. The van der Waals surface area contributed by atoms with Crippen LogP contribution in [0.4, 0.5) is 10.8 Å². The second kappa shape index (κ2) is 6.29. The van der Waals surface area contributed by atoms with E-state index in [9.17, 15) is 0 Å². The molecule has 3 aromatic rings. The molecule has 1 aromatic carbocycles. The smallest absolute Gasteiger partial charge is 0.210 e. The lowest BCUT2D eigenvalue weighted by atomic mass is 10.3. The first-order valence-electron chi connectivity index (χ1n) is 5.99. The SMILES string of the molecule is CCc1nsc(Sc2nnc(Nc3ccccc3)s2)n1. The van der Waals surface area contributed by atoms with Crippen LogP contribution < -0.4 is 5.32 Å². The van der Waals surface area contributed by atoms with Crippen LogP contribution in [-0.2, 0) is 6.42 Å². The Labute approximate surface area is 128 Å². The summed E-state index contributed by atoms with van der Waals surface area (Å²) >= 11 is 4.42. The highest BCUT2D eigenvalue weighted by molar-refractivity contribution is 8.02. The van der Waals surface area contributed by atoms with Gasteiger partial charge in [0, 0.05) is 12.1 Å². The molecule has 2 aromatic heterocycles. The summed E-state index contributed by atoms with van der Waals surface area (Å²) in [7, 11) is 0. The average Bonchev–Trinajstić information content (AvgIpc) is 3.10. The molecular weight excluding hydrogens is 310 g/mol. The minimum atomic E-state index is 0.777. The molecule has 0 bridgehead atoms. The third-order valence-corrected chi connectivity index (χ3v) is 5.05. The molecule has 1 N–H and O–H groups in total. The molecule has 8 heteroatoms. The lowest BCUT2D eigenvalue weighted by Crippen LogP contribution is -1.87. The molecule has 0 radical (unpaired) electrons. The highest BCUT2D eigenvalue weighted by atomic mass is 32.2. The Balaban J connectivity index is 1.67. The molecule has 20 heavy (non-hydrogen) atoms. The molecule has 0 atom stereocenters. The number of hydrogen-bond donors (Lipinski definition) is 1. The summed E-state index contributed by atoms with van der Waals surface area (Å²) in [5.41, 5.74) is 1.00. The number of anilines is 2. The minimum Gasteiger partial charge on any atom is -0.330 e. The van der Waals surface area contributed by atoms with Gasteiger partial charge in [-0.25, -0.2) is 4.98 Å². The predicted molar refractivity (Wildman–Crippen MR) is 83.0 cm³/mol. The number of benzene rings is 1. The molecule has 0 fully saturated rings. The molecule has 0 unspecified atom stereocenters. The van der Waals surface area contributed by atoms with Crippen molar-refractivity contribution in [1.82, 2.24) is 19.6 Å². The van der Waals surface area contributed by atoms with Gasteiger partial charge in [0.25, 0.3) is 0 Å². The Morgan fingerprint density at radius 1 is 1.15 bits per heavy atom. The van der Waals surface area contributed by atoms with Gasteiger partial charge in [-0.2, -0.15) is 4.37 Å². The summed E-state index contributed by atoms with van der Waals surface area (Å²) in [6.07, 6.45) is 0.855. The van der Waals surface area contributed by atoms with Gasteiger partial charge in [-0.1, -0.05) is 36.5 Å². The van der Waals surface area contributed by atoms with E-state index in [1.54, 1.807) is 0 Å². The summed E-state index contributed by atoms with van der Waals surface area (Å²) in [5, 5.41) is 12.3. The van der Waals surface area contributed by atoms with Crippen molar-refractivity contribution in [2.45, 2.75) is 22.0 Å². The first-order chi connectivity index (χ1) is 9.83. The van der Waals surface area contributed by atoms with E-state index in [4.69, 9.17) is 0 Å². The van der Waals surface area contributed by atoms with Gasteiger partial charge in [-0.3, -0.25) is 0 Å². The zero-order valence-corrected chi connectivity index (χ0v) is 13.1. The normalized spacial score (nSPS) is 10.7. The highest BCUT2D eigenvalue weighted by Gasteiger charge is 2.10. The van der Waals surface area contributed by atoms with Crippen molar-refractivity contribution in [3.63, 3.8) is 0 Å². The molecule has 102 valence electrons. The van der Waals surface area contributed by atoms with Gasteiger partial charge in [-0.15, -0.1) is 10.2 Å². The maximum Gasteiger partial charge on any atom is 0.210 e. The Hall–Kier alpha value is -1.51. The lowest BCUT2D eigenvalue weighted by Gasteiger charge is -1.99. The molecular formula is C12H11N5S3. The summed E-state index contributed by atoms with van der Waals surface area (Å²) in [5.74, 6) is 0.879. The monoisotopic (exact) mass is 321 g/mol. The van der Waals surface area contributed by atoms with E-state index in [1.807, 2.05) is 37.3 Å². The fourth-order valence-corrected chi connectivity index (χ4v) is 4.12. The van der Waals surface area contributed by atoms with Crippen molar-refractivity contribution in [2.75, 3.05) is 5.32 Å². The Kier molecular flexibility index (Phi) is 4.24. The van der Waals surface area contributed by atoms with Crippen LogP contribution in [0.15, 0.2) is 39.0 Å². The first-order valence-corrected chi connectivity index (χ1v) is 8.40. The van der Waals surface area contributed by atoms with Crippen molar-refractivity contribution in [2.24, 2.45) is 0 Å². The Morgan fingerprint density at radius 2 is 2.00 bits per heavy atom. The van der Waals surface area contributed by atoms with Crippen molar-refractivity contribution in [3.05, 3.63) is 36.2 Å². The van der Waals surface area contributed by atoms with Gasteiger partial charge < -0.3 is 5.32 Å². The van der Waals surface area contributed by atoms with Crippen LogP contribution in [0.5, 0.6) is 0 Å². The molecule has 2 heterocycles. The summed E-state index contributed by atoms with van der Waals surface area (Å²) in [4.78, 5) is 4.41. The number of aromatic nitrogens is 4. The topological polar surface area (TPSA) is 63.6 Å². The minimum absolute atomic E-state index is 0.777. The quantitative estimate of drug-likeness (QED) is 0.770. The van der Waals surface area contributed by atoms with Crippen LogP contribution in [0, 0.1) is 0 Å². The van der Waals surface area contributed by atoms with Crippen LogP contribution in [0.3, 0.4) is 0 Å². The molecule has 3 rings (SSSR count). The number of aryl methyl sites for hydroxylation is 1. The molecule has 0 saturated carbocycles. The summed E-state index contributed by atoms with van der Waals surface area (Å²) in [6, 6.07) is 9.92. The average molecular weight is 321 g/mol. The van der Waals surface area contributed by atoms with E-state index >= 15 is 0 Å². The van der Waals surface area contributed by atoms with Crippen molar-refractivity contribution in [3.8, 4) is 0 Å².